The molecule has 1 aliphatic heterocycles. The molecule has 2 aromatic carbocycles. The zero-order chi connectivity index (χ0) is 22.5. The van der Waals surface area contributed by atoms with Crippen LogP contribution in [0.25, 0.3) is 11.0 Å². The van der Waals surface area contributed by atoms with Crippen molar-refractivity contribution in [2.75, 3.05) is 26.8 Å². The Morgan fingerprint density at radius 3 is 2.94 bits per heavy atom. The number of ether oxygens (including phenoxy) is 1. The maximum absolute atomic E-state index is 13.1. The lowest BCUT2D eigenvalue weighted by Gasteiger charge is -2.33. The highest BCUT2D eigenvalue weighted by atomic mass is 79.9. The van der Waals surface area contributed by atoms with E-state index in [1.54, 1.807) is 7.11 Å². The van der Waals surface area contributed by atoms with Crippen LogP contribution in [0.5, 0.6) is 0 Å². The van der Waals surface area contributed by atoms with E-state index in [-0.39, 0.29) is 17.9 Å². The molecule has 4 rings (SSSR count). The average Bonchev–Trinajstić information content (AvgIpc) is 3.18. The second-order valence-corrected chi connectivity index (χ2v) is 9.42. The number of aryl methyl sites for hydroxylation is 1. The van der Waals surface area contributed by atoms with Gasteiger partial charge in [0.1, 0.15) is 5.82 Å². The van der Waals surface area contributed by atoms with Gasteiger partial charge in [-0.25, -0.2) is 4.98 Å². The van der Waals surface area contributed by atoms with Crippen LogP contribution in [-0.2, 0) is 16.1 Å². The van der Waals surface area contributed by atoms with E-state index in [9.17, 15) is 4.79 Å². The molecule has 3 aromatic rings. The average molecular weight is 499 g/mol. The Bertz CT molecular complexity index is 1070. The van der Waals surface area contributed by atoms with Crippen molar-refractivity contribution in [3.63, 3.8) is 0 Å². The van der Waals surface area contributed by atoms with Crippen LogP contribution in [0.15, 0.2) is 53.0 Å². The van der Waals surface area contributed by atoms with Gasteiger partial charge in [-0.2, -0.15) is 0 Å². The van der Waals surface area contributed by atoms with Crippen molar-refractivity contribution in [2.24, 2.45) is 5.73 Å². The first-order valence-corrected chi connectivity index (χ1v) is 12.1. The molecule has 0 radical (unpaired) electrons. The molecule has 1 fully saturated rings. The fraction of sp³-hybridized carbons (Fsp3) is 0.440. The predicted molar refractivity (Wildman–Crippen MR) is 130 cm³/mol. The van der Waals surface area contributed by atoms with Gasteiger partial charge in [0.15, 0.2) is 0 Å². The van der Waals surface area contributed by atoms with Crippen molar-refractivity contribution >= 4 is 32.9 Å². The monoisotopic (exact) mass is 498 g/mol. The molecule has 1 saturated heterocycles. The Kier molecular flexibility index (Phi) is 7.60. The summed E-state index contributed by atoms with van der Waals surface area (Å²) in [5, 5.41) is 0. The number of fused-ring (bicyclic) bond motifs is 1. The van der Waals surface area contributed by atoms with E-state index in [4.69, 9.17) is 15.5 Å². The van der Waals surface area contributed by atoms with Crippen LogP contribution in [0.1, 0.15) is 49.0 Å². The highest BCUT2D eigenvalue weighted by Crippen LogP contribution is 2.30. The molecule has 2 heterocycles. The Balaban J connectivity index is 1.49. The lowest BCUT2D eigenvalue weighted by Crippen LogP contribution is -2.40. The van der Waals surface area contributed by atoms with Gasteiger partial charge in [-0.15, -0.1) is 0 Å². The lowest BCUT2D eigenvalue weighted by molar-refractivity contribution is -0.132. The second-order valence-electron chi connectivity index (χ2n) is 8.50. The summed E-state index contributed by atoms with van der Waals surface area (Å²) in [5.41, 5.74) is 9.50. The quantitative estimate of drug-likeness (QED) is 0.459. The number of rotatable bonds is 8. The first kappa shape index (κ1) is 23.0. The molecule has 2 atom stereocenters. The molecule has 1 aliphatic rings. The van der Waals surface area contributed by atoms with Gasteiger partial charge in [-0.3, -0.25) is 4.79 Å². The van der Waals surface area contributed by atoms with E-state index in [2.05, 4.69) is 38.7 Å². The van der Waals surface area contributed by atoms with Gasteiger partial charge in [0.05, 0.1) is 11.0 Å². The van der Waals surface area contributed by atoms with Crippen molar-refractivity contribution in [3.8, 4) is 0 Å². The van der Waals surface area contributed by atoms with Crippen molar-refractivity contribution in [3.05, 3.63) is 64.4 Å². The van der Waals surface area contributed by atoms with Crippen LogP contribution >= 0.6 is 15.9 Å². The Morgan fingerprint density at radius 1 is 1.28 bits per heavy atom. The van der Waals surface area contributed by atoms with Gasteiger partial charge < -0.3 is 19.9 Å². The number of nitrogens with zero attached hydrogens (tertiary/aromatic N) is 3. The molecular weight excluding hydrogens is 468 g/mol. The van der Waals surface area contributed by atoms with Crippen molar-refractivity contribution in [1.29, 1.82) is 0 Å². The maximum Gasteiger partial charge on any atom is 0.224 e. The van der Waals surface area contributed by atoms with Crippen molar-refractivity contribution in [1.82, 2.24) is 14.5 Å². The smallest absolute Gasteiger partial charge is 0.224 e. The number of aromatic nitrogens is 2. The highest BCUT2D eigenvalue weighted by Gasteiger charge is 2.29. The fourth-order valence-corrected chi connectivity index (χ4v) is 5.01. The van der Waals surface area contributed by atoms with E-state index in [0.29, 0.717) is 19.6 Å². The number of methoxy groups -OCH3 is 1. The lowest BCUT2D eigenvalue weighted by atomic mass is 9.96. The standard InChI is InChI=1S/C25H31BrN4O2/c1-32-14-6-13-30-23-11-3-2-10-22(23)28-25(30)19-8-5-12-29(17-19)24(31)16-21(27)18-7-4-9-20(26)15-18/h2-4,7,9-11,15,19,21H,5-6,8,12-14,16-17,27H2,1H3. The zero-order valence-corrected chi connectivity index (χ0v) is 20.1. The number of hydrogen-bond donors (Lipinski definition) is 1. The molecule has 32 heavy (non-hydrogen) atoms. The van der Waals surface area contributed by atoms with Crippen molar-refractivity contribution < 1.29 is 9.53 Å². The molecule has 2 N–H and O–H groups in total. The van der Waals surface area contributed by atoms with Gasteiger partial charge in [0.2, 0.25) is 5.91 Å². The van der Waals surface area contributed by atoms with Crippen LogP contribution in [0.3, 0.4) is 0 Å². The summed E-state index contributed by atoms with van der Waals surface area (Å²) < 4.78 is 8.56. The highest BCUT2D eigenvalue weighted by molar-refractivity contribution is 9.10. The third kappa shape index (κ3) is 5.22. The van der Waals surface area contributed by atoms with Crippen LogP contribution < -0.4 is 5.73 Å². The minimum absolute atomic E-state index is 0.115. The zero-order valence-electron chi connectivity index (χ0n) is 18.5. The van der Waals surface area contributed by atoms with E-state index in [1.807, 2.05) is 35.2 Å². The summed E-state index contributed by atoms with van der Waals surface area (Å²) in [4.78, 5) is 20.1. The third-order valence-corrected chi connectivity index (χ3v) is 6.72. The number of para-hydroxylation sites is 2. The molecule has 2 unspecified atom stereocenters. The molecule has 1 aromatic heterocycles. The first-order valence-electron chi connectivity index (χ1n) is 11.3. The predicted octanol–water partition coefficient (Wildman–Crippen LogP) is 4.63. The summed E-state index contributed by atoms with van der Waals surface area (Å²) in [6, 6.07) is 15.8. The Morgan fingerprint density at radius 2 is 2.12 bits per heavy atom. The molecule has 7 heteroatoms. The van der Waals surface area contributed by atoms with Gasteiger partial charge in [0, 0.05) is 56.2 Å². The molecule has 0 aliphatic carbocycles. The van der Waals surface area contributed by atoms with Crippen molar-refractivity contribution in [2.45, 2.75) is 44.2 Å². The summed E-state index contributed by atoms with van der Waals surface area (Å²) in [6.45, 7) is 3.05. The molecule has 1 amide bonds. The maximum atomic E-state index is 13.1. The minimum atomic E-state index is -0.306. The normalized spacial score (nSPS) is 17.6. The molecular formula is C25H31BrN4O2. The SMILES string of the molecule is COCCCn1c(C2CCCN(C(=O)CC(N)c3cccc(Br)c3)C2)nc2ccccc21. The number of amides is 1. The molecule has 170 valence electrons. The first-order chi connectivity index (χ1) is 15.6. The van der Waals surface area contributed by atoms with E-state index in [1.165, 1.54) is 0 Å². The number of nitrogens with two attached hydrogens (primary N) is 1. The van der Waals surface area contributed by atoms with Crippen LogP contribution in [0, 0.1) is 0 Å². The minimum Gasteiger partial charge on any atom is -0.385 e. The van der Waals surface area contributed by atoms with Crippen LogP contribution in [0.2, 0.25) is 0 Å². The van der Waals surface area contributed by atoms with Gasteiger partial charge in [-0.1, -0.05) is 40.2 Å². The molecule has 6 nitrogen and oxygen atoms in total. The summed E-state index contributed by atoms with van der Waals surface area (Å²) >= 11 is 3.48. The number of halogens is 1. The Labute approximate surface area is 197 Å². The van der Waals surface area contributed by atoms with Gasteiger partial charge >= 0.3 is 0 Å². The molecule has 0 spiro atoms. The van der Waals surface area contributed by atoms with E-state index in [0.717, 1.165) is 59.2 Å². The number of benzene rings is 2. The summed E-state index contributed by atoms with van der Waals surface area (Å²) in [6.07, 6.45) is 3.26. The number of likely N-dealkylation sites (tertiary alicyclic amines) is 1. The number of piperidine rings is 1. The number of carbonyl (C=O) groups excluding carboxylic acids is 1. The number of carbonyl (C=O) groups is 1. The van der Waals surface area contributed by atoms with Crippen LogP contribution in [-0.4, -0.2) is 47.2 Å². The molecule has 0 bridgehead atoms. The summed E-state index contributed by atoms with van der Waals surface area (Å²) in [7, 11) is 1.73. The second kappa shape index (κ2) is 10.6. The number of imidazole rings is 1. The third-order valence-electron chi connectivity index (χ3n) is 6.22. The van der Waals surface area contributed by atoms with Gasteiger partial charge in [0.25, 0.3) is 0 Å². The largest absolute Gasteiger partial charge is 0.385 e. The molecule has 0 saturated carbocycles. The fourth-order valence-electron chi connectivity index (χ4n) is 4.59. The number of hydrogen-bond acceptors (Lipinski definition) is 4. The van der Waals surface area contributed by atoms with E-state index < -0.39 is 0 Å². The van der Waals surface area contributed by atoms with E-state index >= 15 is 0 Å². The van der Waals surface area contributed by atoms with Gasteiger partial charge in [-0.05, 0) is 49.1 Å². The topological polar surface area (TPSA) is 73.4 Å². The summed E-state index contributed by atoms with van der Waals surface area (Å²) in [5.74, 6) is 1.42. The van der Waals surface area contributed by atoms with Crippen LogP contribution in [0.4, 0.5) is 0 Å². The Hall–Kier alpha value is -2.22.